The SMILES string of the molecule is CCc1nc([NH2+]C(CC)CO)c2oc3ccccc3c2n1.[Cl-]. The number of hydrogen-bond acceptors (Lipinski definition) is 4. The summed E-state index contributed by atoms with van der Waals surface area (Å²) in [6, 6.07) is 7.97. The van der Waals surface area contributed by atoms with E-state index in [9.17, 15) is 5.11 Å². The van der Waals surface area contributed by atoms with E-state index in [1.807, 2.05) is 36.5 Å². The Kier molecular flexibility index (Phi) is 5.34. The molecule has 0 spiro atoms. The van der Waals surface area contributed by atoms with E-state index < -0.39 is 0 Å². The fourth-order valence-electron chi connectivity index (χ4n) is 2.45. The quantitative estimate of drug-likeness (QED) is 0.626. The lowest BCUT2D eigenvalue weighted by Gasteiger charge is -2.09. The molecule has 0 aliphatic heterocycles. The number of aliphatic hydroxyl groups excluding tert-OH is 1. The summed E-state index contributed by atoms with van der Waals surface area (Å²) in [6.07, 6.45) is 1.63. The maximum Gasteiger partial charge on any atom is 0.272 e. The Balaban J connectivity index is 0.00000176. The molecule has 0 aliphatic rings. The molecule has 6 heteroatoms. The second-order valence-corrected chi connectivity index (χ2v) is 5.17. The van der Waals surface area contributed by atoms with E-state index in [4.69, 9.17) is 4.42 Å². The number of nitrogens with zero attached hydrogens (tertiary/aromatic N) is 2. The van der Waals surface area contributed by atoms with Gasteiger partial charge in [0, 0.05) is 11.8 Å². The normalized spacial score (nSPS) is 12.5. The minimum absolute atomic E-state index is 0. The molecule has 3 N–H and O–H groups in total. The number of hydrogen-bond donors (Lipinski definition) is 2. The first-order valence-electron chi connectivity index (χ1n) is 7.40. The lowest BCUT2D eigenvalue weighted by Crippen LogP contribution is -3.00. The molecule has 1 atom stereocenters. The van der Waals surface area contributed by atoms with Crippen LogP contribution in [0.5, 0.6) is 0 Å². The standard InChI is InChI=1S/C16H19N3O2.ClH/c1-3-10(9-20)17-16-15-14(18-13(4-2)19-16)11-7-5-6-8-12(11)21-15;/h5-8,10,20H,3-4,9H2,1-2H3,(H,17,18,19);1H. The molecule has 0 saturated heterocycles. The summed E-state index contributed by atoms with van der Waals surface area (Å²) in [4.78, 5) is 9.19. The predicted molar refractivity (Wildman–Crippen MR) is 81.4 cm³/mol. The molecular formula is C16H20ClN3O2. The molecule has 1 unspecified atom stereocenters. The minimum atomic E-state index is 0. The molecule has 5 nitrogen and oxygen atoms in total. The highest BCUT2D eigenvalue weighted by molar-refractivity contribution is 6.04. The molecule has 118 valence electrons. The smallest absolute Gasteiger partial charge is 0.272 e. The molecule has 2 aromatic heterocycles. The number of furan rings is 1. The van der Waals surface area contributed by atoms with Gasteiger partial charge in [0.25, 0.3) is 5.82 Å². The van der Waals surface area contributed by atoms with Crippen molar-refractivity contribution in [1.82, 2.24) is 9.97 Å². The zero-order chi connectivity index (χ0) is 14.8. The van der Waals surface area contributed by atoms with Crippen LogP contribution in [0.4, 0.5) is 5.82 Å². The van der Waals surface area contributed by atoms with Crippen molar-refractivity contribution in [2.24, 2.45) is 0 Å². The number of fused-ring (bicyclic) bond motifs is 3. The minimum Gasteiger partial charge on any atom is -1.00 e. The van der Waals surface area contributed by atoms with Crippen molar-refractivity contribution in [3.8, 4) is 0 Å². The molecule has 1 aromatic carbocycles. The van der Waals surface area contributed by atoms with Gasteiger partial charge in [-0.2, -0.15) is 4.98 Å². The maximum atomic E-state index is 9.42. The summed E-state index contributed by atoms with van der Waals surface area (Å²) in [5.41, 5.74) is 2.39. The van der Waals surface area contributed by atoms with Gasteiger partial charge in [0.2, 0.25) is 5.58 Å². The average molecular weight is 322 g/mol. The van der Waals surface area contributed by atoms with E-state index in [0.29, 0.717) is 5.58 Å². The van der Waals surface area contributed by atoms with Crippen molar-refractivity contribution < 1.29 is 27.2 Å². The first-order chi connectivity index (χ1) is 10.3. The van der Waals surface area contributed by atoms with Crippen LogP contribution in [-0.4, -0.2) is 27.7 Å². The summed E-state index contributed by atoms with van der Waals surface area (Å²) in [5, 5.41) is 12.4. The predicted octanol–water partition coefficient (Wildman–Crippen LogP) is -1.09. The summed E-state index contributed by atoms with van der Waals surface area (Å²) < 4.78 is 5.94. The molecule has 3 aromatic rings. The number of aliphatic hydroxyl groups is 1. The van der Waals surface area contributed by atoms with E-state index in [1.165, 1.54) is 0 Å². The Labute approximate surface area is 135 Å². The lowest BCUT2D eigenvalue weighted by atomic mass is 10.2. The van der Waals surface area contributed by atoms with Crippen molar-refractivity contribution in [3.05, 3.63) is 30.1 Å². The lowest BCUT2D eigenvalue weighted by molar-refractivity contribution is -0.616. The number of para-hydroxylation sites is 1. The molecular weight excluding hydrogens is 302 g/mol. The first kappa shape index (κ1) is 16.7. The number of benzene rings is 1. The van der Waals surface area contributed by atoms with Crippen LogP contribution in [0.2, 0.25) is 0 Å². The average Bonchev–Trinajstić information content (AvgIpc) is 2.91. The topological polar surface area (TPSA) is 75.8 Å². The Morgan fingerprint density at radius 1 is 1.23 bits per heavy atom. The molecule has 0 amide bonds. The Hall–Kier alpha value is -1.69. The van der Waals surface area contributed by atoms with Crippen LogP contribution in [0, 0.1) is 0 Å². The van der Waals surface area contributed by atoms with E-state index in [1.54, 1.807) is 0 Å². The molecule has 3 rings (SSSR count). The largest absolute Gasteiger partial charge is 1.00 e. The summed E-state index contributed by atoms with van der Waals surface area (Å²) in [7, 11) is 0. The summed E-state index contributed by atoms with van der Waals surface area (Å²) in [5.74, 6) is 1.59. The summed E-state index contributed by atoms with van der Waals surface area (Å²) in [6.45, 7) is 4.20. The van der Waals surface area contributed by atoms with Gasteiger partial charge in [-0.15, -0.1) is 0 Å². The molecule has 2 heterocycles. The molecule has 0 aliphatic carbocycles. The third-order valence-corrected chi connectivity index (χ3v) is 3.76. The highest BCUT2D eigenvalue weighted by atomic mass is 35.5. The molecule has 0 fully saturated rings. The van der Waals surface area contributed by atoms with Gasteiger partial charge in [-0.25, -0.2) is 4.98 Å². The van der Waals surface area contributed by atoms with Gasteiger partial charge in [-0.3, -0.25) is 5.32 Å². The number of rotatable bonds is 5. The first-order valence-corrected chi connectivity index (χ1v) is 7.40. The van der Waals surface area contributed by atoms with E-state index in [-0.39, 0.29) is 25.1 Å². The van der Waals surface area contributed by atoms with Crippen molar-refractivity contribution in [2.75, 3.05) is 6.61 Å². The molecule has 0 radical (unpaired) electrons. The monoisotopic (exact) mass is 321 g/mol. The van der Waals surface area contributed by atoms with Gasteiger partial charge in [0.1, 0.15) is 23.0 Å². The van der Waals surface area contributed by atoms with Crippen molar-refractivity contribution in [2.45, 2.75) is 32.7 Å². The van der Waals surface area contributed by atoms with E-state index in [0.717, 1.165) is 41.0 Å². The fraction of sp³-hybridized carbons (Fsp3) is 0.375. The van der Waals surface area contributed by atoms with Crippen molar-refractivity contribution in [3.63, 3.8) is 0 Å². The second-order valence-electron chi connectivity index (χ2n) is 5.17. The van der Waals surface area contributed by atoms with Gasteiger partial charge in [0.15, 0.2) is 0 Å². The van der Waals surface area contributed by atoms with Crippen molar-refractivity contribution in [1.29, 1.82) is 0 Å². The molecule has 22 heavy (non-hydrogen) atoms. The number of halogens is 1. The van der Waals surface area contributed by atoms with Crippen molar-refractivity contribution >= 4 is 27.9 Å². The highest BCUT2D eigenvalue weighted by Crippen LogP contribution is 2.29. The van der Waals surface area contributed by atoms with Crippen LogP contribution in [-0.2, 0) is 6.42 Å². The number of quaternary nitrogens is 1. The van der Waals surface area contributed by atoms with Gasteiger partial charge < -0.3 is 21.9 Å². The number of aromatic nitrogens is 2. The van der Waals surface area contributed by atoms with Crippen LogP contribution in [0.15, 0.2) is 28.7 Å². The van der Waals surface area contributed by atoms with Gasteiger partial charge in [0.05, 0.1) is 6.61 Å². The third kappa shape index (κ3) is 2.92. The second kappa shape index (κ2) is 7.05. The van der Waals surface area contributed by atoms with E-state index in [2.05, 4.69) is 16.9 Å². The third-order valence-electron chi connectivity index (χ3n) is 3.76. The van der Waals surface area contributed by atoms with Gasteiger partial charge in [-0.05, 0) is 18.6 Å². The Morgan fingerprint density at radius 3 is 2.68 bits per heavy atom. The van der Waals surface area contributed by atoms with Gasteiger partial charge in [-0.1, -0.05) is 26.0 Å². The maximum absolute atomic E-state index is 9.42. The zero-order valence-electron chi connectivity index (χ0n) is 12.7. The summed E-state index contributed by atoms with van der Waals surface area (Å²) >= 11 is 0. The number of aryl methyl sites for hydroxylation is 1. The van der Waals surface area contributed by atoms with Crippen LogP contribution in [0.1, 0.15) is 26.1 Å². The van der Waals surface area contributed by atoms with Gasteiger partial charge >= 0.3 is 0 Å². The van der Waals surface area contributed by atoms with Crippen LogP contribution in [0.25, 0.3) is 22.1 Å². The Bertz CT molecular complexity index is 769. The van der Waals surface area contributed by atoms with E-state index >= 15 is 0 Å². The Morgan fingerprint density at radius 2 is 2.00 bits per heavy atom. The van der Waals surface area contributed by atoms with Crippen LogP contribution >= 0.6 is 0 Å². The van der Waals surface area contributed by atoms with Crippen LogP contribution in [0.3, 0.4) is 0 Å². The number of nitrogens with two attached hydrogens (primary N) is 1. The van der Waals surface area contributed by atoms with Crippen LogP contribution < -0.4 is 17.7 Å². The highest BCUT2D eigenvalue weighted by Gasteiger charge is 2.20. The molecule has 0 bridgehead atoms. The zero-order valence-corrected chi connectivity index (χ0v) is 13.5. The fourth-order valence-corrected chi connectivity index (χ4v) is 2.45. The molecule has 0 saturated carbocycles.